The van der Waals surface area contributed by atoms with E-state index in [2.05, 4.69) is 14.9 Å². The molecule has 1 aromatic rings. The first-order valence-corrected chi connectivity index (χ1v) is 9.28. The highest BCUT2D eigenvalue weighted by atomic mass is 35.5. The average molecular weight is 346 g/mol. The zero-order valence-corrected chi connectivity index (χ0v) is 14.2. The number of anilines is 1. The Kier molecular flexibility index (Phi) is 5.31. The number of carbonyl (C=O) groups is 1. The molecule has 1 atom stereocenters. The molecular formula is C14H20ClN3O3S. The lowest BCUT2D eigenvalue weighted by Crippen LogP contribution is -2.46. The monoisotopic (exact) mass is 345 g/mol. The second-order valence-electron chi connectivity index (χ2n) is 5.64. The number of benzene rings is 1. The van der Waals surface area contributed by atoms with Crippen LogP contribution in [0.5, 0.6) is 0 Å². The van der Waals surface area contributed by atoms with Crippen molar-refractivity contribution in [2.75, 3.05) is 31.1 Å². The highest BCUT2D eigenvalue weighted by molar-refractivity contribution is 7.92. The molecule has 0 aromatic heterocycles. The van der Waals surface area contributed by atoms with E-state index in [9.17, 15) is 13.2 Å². The van der Waals surface area contributed by atoms with Gasteiger partial charge in [-0.05, 0) is 44.6 Å². The van der Waals surface area contributed by atoms with Crippen LogP contribution in [0.15, 0.2) is 18.2 Å². The van der Waals surface area contributed by atoms with Gasteiger partial charge in [0.2, 0.25) is 10.0 Å². The summed E-state index contributed by atoms with van der Waals surface area (Å²) in [6.45, 7) is 1.85. The van der Waals surface area contributed by atoms with Crippen molar-refractivity contribution in [2.45, 2.75) is 18.9 Å². The van der Waals surface area contributed by atoms with E-state index in [-0.39, 0.29) is 22.7 Å². The minimum Gasteiger partial charge on any atom is -0.348 e. The van der Waals surface area contributed by atoms with Gasteiger partial charge in [-0.3, -0.25) is 9.52 Å². The van der Waals surface area contributed by atoms with Crippen LogP contribution in [0.2, 0.25) is 5.02 Å². The summed E-state index contributed by atoms with van der Waals surface area (Å²) in [7, 11) is -1.43. The van der Waals surface area contributed by atoms with E-state index in [4.69, 9.17) is 11.6 Å². The Morgan fingerprint density at radius 3 is 2.77 bits per heavy atom. The zero-order chi connectivity index (χ0) is 16.3. The van der Waals surface area contributed by atoms with E-state index < -0.39 is 10.0 Å². The van der Waals surface area contributed by atoms with Gasteiger partial charge >= 0.3 is 0 Å². The summed E-state index contributed by atoms with van der Waals surface area (Å²) in [4.78, 5) is 14.5. The number of halogens is 1. The second kappa shape index (κ2) is 6.85. The van der Waals surface area contributed by atoms with E-state index in [0.717, 1.165) is 32.2 Å². The van der Waals surface area contributed by atoms with Gasteiger partial charge in [0.15, 0.2) is 0 Å². The van der Waals surface area contributed by atoms with Crippen molar-refractivity contribution in [2.24, 2.45) is 0 Å². The number of hydrogen-bond donors (Lipinski definition) is 2. The lowest BCUT2D eigenvalue weighted by Gasteiger charge is -2.30. The van der Waals surface area contributed by atoms with E-state index >= 15 is 0 Å². The van der Waals surface area contributed by atoms with Crippen LogP contribution in [0, 0.1) is 0 Å². The van der Waals surface area contributed by atoms with Crippen molar-refractivity contribution in [1.82, 2.24) is 10.2 Å². The van der Waals surface area contributed by atoms with Crippen LogP contribution < -0.4 is 10.0 Å². The van der Waals surface area contributed by atoms with Crippen LogP contribution in [0.4, 0.5) is 5.69 Å². The average Bonchev–Trinajstić information content (AvgIpc) is 2.39. The first kappa shape index (κ1) is 17.1. The number of rotatable bonds is 4. The molecule has 22 heavy (non-hydrogen) atoms. The Morgan fingerprint density at radius 1 is 1.41 bits per heavy atom. The number of amides is 1. The predicted octanol–water partition coefficient (Wildman–Crippen LogP) is 1.54. The molecule has 0 aliphatic carbocycles. The topological polar surface area (TPSA) is 78.5 Å². The third-order valence-electron chi connectivity index (χ3n) is 3.48. The zero-order valence-electron chi connectivity index (χ0n) is 12.6. The first-order chi connectivity index (χ1) is 10.2. The highest BCUT2D eigenvalue weighted by Gasteiger charge is 2.20. The Morgan fingerprint density at radius 2 is 2.14 bits per heavy atom. The van der Waals surface area contributed by atoms with Gasteiger partial charge < -0.3 is 10.2 Å². The van der Waals surface area contributed by atoms with E-state index in [0.29, 0.717) is 5.56 Å². The minimum absolute atomic E-state index is 0.105. The molecule has 0 spiro atoms. The smallest absolute Gasteiger partial charge is 0.251 e. The van der Waals surface area contributed by atoms with Crippen molar-refractivity contribution < 1.29 is 13.2 Å². The maximum Gasteiger partial charge on any atom is 0.251 e. The van der Waals surface area contributed by atoms with Crippen LogP contribution in [0.3, 0.4) is 0 Å². The van der Waals surface area contributed by atoms with Gasteiger partial charge in [0.1, 0.15) is 0 Å². The number of hydrogen-bond acceptors (Lipinski definition) is 4. The molecule has 1 aliphatic rings. The molecule has 0 saturated carbocycles. The van der Waals surface area contributed by atoms with Gasteiger partial charge in [0, 0.05) is 18.2 Å². The van der Waals surface area contributed by atoms with Crippen molar-refractivity contribution >= 4 is 33.2 Å². The maximum absolute atomic E-state index is 12.3. The highest BCUT2D eigenvalue weighted by Crippen LogP contribution is 2.24. The Balaban J connectivity index is 2.11. The fourth-order valence-corrected chi connectivity index (χ4v) is 3.29. The molecule has 2 rings (SSSR count). The summed E-state index contributed by atoms with van der Waals surface area (Å²) >= 11 is 5.95. The molecule has 1 fully saturated rings. The Hall–Kier alpha value is -1.31. The van der Waals surface area contributed by atoms with Crippen LogP contribution in [0.25, 0.3) is 0 Å². The van der Waals surface area contributed by atoms with Crippen LogP contribution in [-0.2, 0) is 10.0 Å². The number of likely N-dealkylation sites (tertiary alicyclic amines) is 1. The SMILES string of the molecule is CN1CCC[C@H](NC(=O)c2ccc(Cl)c(NS(C)(=O)=O)c2)C1. The molecule has 6 nitrogen and oxygen atoms in total. The third kappa shape index (κ3) is 4.86. The summed E-state index contributed by atoms with van der Waals surface area (Å²) in [5, 5.41) is 3.22. The Bertz CT molecular complexity index is 663. The molecule has 8 heteroatoms. The summed E-state index contributed by atoms with van der Waals surface area (Å²) in [5.74, 6) is -0.228. The summed E-state index contributed by atoms with van der Waals surface area (Å²) in [6.07, 6.45) is 3.02. The summed E-state index contributed by atoms with van der Waals surface area (Å²) in [6, 6.07) is 4.65. The molecule has 0 bridgehead atoms. The standard InChI is InChI=1S/C14H20ClN3O3S/c1-18-7-3-4-11(9-18)16-14(19)10-5-6-12(15)13(8-10)17-22(2,20)21/h5-6,8,11,17H,3-4,7,9H2,1-2H3,(H,16,19)/t11-/m0/s1. The largest absolute Gasteiger partial charge is 0.348 e. The fourth-order valence-electron chi connectivity index (χ4n) is 2.50. The van der Waals surface area contributed by atoms with Crippen molar-refractivity contribution in [3.63, 3.8) is 0 Å². The van der Waals surface area contributed by atoms with E-state index in [1.807, 2.05) is 7.05 Å². The summed E-state index contributed by atoms with van der Waals surface area (Å²) < 4.78 is 24.9. The van der Waals surface area contributed by atoms with Crippen LogP contribution in [-0.4, -0.2) is 51.7 Å². The van der Waals surface area contributed by atoms with Gasteiger partial charge in [-0.2, -0.15) is 0 Å². The van der Waals surface area contributed by atoms with Crippen molar-refractivity contribution in [3.05, 3.63) is 28.8 Å². The van der Waals surface area contributed by atoms with Gasteiger partial charge in [-0.1, -0.05) is 11.6 Å². The van der Waals surface area contributed by atoms with Gasteiger partial charge in [0.05, 0.1) is 17.0 Å². The predicted molar refractivity (Wildman–Crippen MR) is 87.9 cm³/mol. The maximum atomic E-state index is 12.3. The molecular weight excluding hydrogens is 326 g/mol. The third-order valence-corrected chi connectivity index (χ3v) is 4.40. The first-order valence-electron chi connectivity index (χ1n) is 7.01. The number of sulfonamides is 1. The van der Waals surface area contributed by atoms with Crippen molar-refractivity contribution in [1.29, 1.82) is 0 Å². The number of nitrogens with one attached hydrogen (secondary N) is 2. The molecule has 1 amide bonds. The number of likely N-dealkylation sites (N-methyl/N-ethyl adjacent to an activating group) is 1. The molecule has 122 valence electrons. The second-order valence-corrected chi connectivity index (χ2v) is 7.80. The van der Waals surface area contributed by atoms with Gasteiger partial charge in [-0.25, -0.2) is 8.42 Å². The van der Waals surface area contributed by atoms with Gasteiger partial charge in [-0.15, -0.1) is 0 Å². The number of piperidine rings is 1. The number of carbonyl (C=O) groups excluding carboxylic acids is 1. The molecule has 0 unspecified atom stereocenters. The van der Waals surface area contributed by atoms with E-state index in [1.54, 1.807) is 6.07 Å². The van der Waals surface area contributed by atoms with Gasteiger partial charge in [0.25, 0.3) is 5.91 Å². The minimum atomic E-state index is -3.45. The molecule has 1 aliphatic heterocycles. The lowest BCUT2D eigenvalue weighted by atomic mass is 10.1. The molecule has 1 aromatic carbocycles. The quantitative estimate of drug-likeness (QED) is 0.867. The van der Waals surface area contributed by atoms with Crippen LogP contribution in [0.1, 0.15) is 23.2 Å². The van der Waals surface area contributed by atoms with Crippen molar-refractivity contribution in [3.8, 4) is 0 Å². The Labute approximate surface area is 135 Å². The molecule has 0 radical (unpaired) electrons. The molecule has 2 N–H and O–H groups in total. The molecule has 1 heterocycles. The molecule has 1 saturated heterocycles. The fraction of sp³-hybridized carbons (Fsp3) is 0.500. The number of nitrogens with zero attached hydrogens (tertiary/aromatic N) is 1. The van der Waals surface area contributed by atoms with E-state index in [1.165, 1.54) is 12.1 Å². The lowest BCUT2D eigenvalue weighted by molar-refractivity contribution is 0.0912. The normalized spacial score (nSPS) is 19.7. The summed E-state index contributed by atoms with van der Waals surface area (Å²) in [5.41, 5.74) is 0.585. The van der Waals surface area contributed by atoms with Crippen LogP contribution >= 0.6 is 11.6 Å².